The highest BCUT2D eigenvalue weighted by Gasteiger charge is 2.56. The molecule has 0 bridgehead atoms. The van der Waals surface area contributed by atoms with Crippen molar-refractivity contribution >= 4 is 0 Å². The second-order valence-electron chi connectivity index (χ2n) is 7.00. The number of hydrogen-bond acceptors (Lipinski definition) is 13. The van der Waals surface area contributed by atoms with Gasteiger partial charge in [-0.2, -0.15) is 4.39 Å². The summed E-state index contributed by atoms with van der Waals surface area (Å²) in [4.78, 5) is 24.0. The minimum Gasteiger partial charge on any atom is -0.394 e. The zero-order valence-electron chi connectivity index (χ0n) is 16.3. The van der Waals surface area contributed by atoms with E-state index < -0.39 is 91.7 Å². The maximum absolute atomic E-state index is 12.0. The molecule has 16 heteroatoms. The lowest BCUT2D eigenvalue weighted by Crippen LogP contribution is -2.60. The van der Waals surface area contributed by atoms with Crippen LogP contribution in [0.3, 0.4) is 0 Å². The fourth-order valence-electron chi connectivity index (χ4n) is 3.02. The van der Waals surface area contributed by atoms with Gasteiger partial charge in [-0.3, -0.25) is 9.78 Å². The smallest absolute Gasteiger partial charge is 0.325 e. The number of aromatic amines is 2. The van der Waals surface area contributed by atoms with Crippen LogP contribution in [0.25, 0.3) is 0 Å². The minimum absolute atomic E-state index is 0.668. The van der Waals surface area contributed by atoms with Crippen LogP contribution in [0, 0.1) is 5.82 Å². The normalized spacial score (nSPS) is 39.4. The Morgan fingerprint density at radius 1 is 1.03 bits per heavy atom. The molecule has 0 aliphatic carbocycles. The van der Waals surface area contributed by atoms with Crippen molar-refractivity contribution in [2.45, 2.75) is 54.8 Å². The Bertz CT molecular complexity index is 850. The zero-order chi connectivity index (χ0) is 24.2. The highest BCUT2D eigenvalue weighted by Crippen LogP contribution is 2.33. The van der Waals surface area contributed by atoms with Gasteiger partial charge < -0.3 is 60.0 Å². The highest BCUT2D eigenvalue weighted by molar-refractivity contribution is 4.98. The van der Waals surface area contributed by atoms with Gasteiger partial charge in [-0.1, -0.05) is 0 Å². The molecule has 9 atom stereocenters. The monoisotopic (exact) mass is 472 g/mol. The third kappa shape index (κ3) is 5.56. The van der Waals surface area contributed by atoms with Gasteiger partial charge in [-0.05, 0) is 0 Å². The molecule has 10 N–H and O–H groups in total. The quantitative estimate of drug-likeness (QED) is 0.192. The highest BCUT2D eigenvalue weighted by atomic mass is 19.1. The van der Waals surface area contributed by atoms with Crippen molar-refractivity contribution in [3.05, 3.63) is 32.9 Å². The van der Waals surface area contributed by atoms with Gasteiger partial charge in [0.05, 0.1) is 19.8 Å². The van der Waals surface area contributed by atoms with Gasteiger partial charge in [0.1, 0.15) is 42.7 Å². The first-order chi connectivity index (χ1) is 15.0. The Kier molecular flexibility index (Phi) is 8.97. The molecule has 32 heavy (non-hydrogen) atoms. The molecule has 184 valence electrons. The maximum Gasteiger partial charge on any atom is 0.325 e. The molecule has 3 heterocycles. The standard InChI is InChI=1S/C12H22O11.C4H3FN2O2/c13-1-4-6(16)7(17)8(18)11(21-4)22-9-5(2-14)23-12(20,3-15)10(9)19;5-2-1-6-4(9)7-3(2)8/h4-11,13-20H,1-3H2;1H,(H2,6,7,8,9)/t4-,5-,6+,7+,8-,9-,10+,11+,12-;/m1./s1. The van der Waals surface area contributed by atoms with E-state index in [9.17, 15) is 44.6 Å². The SMILES string of the molecule is O=c1[nH]cc(F)c(=O)[nH]1.OC[C@H]1O[C@@H](O[C@@H]2[C@@H](CO)O[C@](O)(CO)[C@H]2O)[C@H](O)[C@@H](O)[C@H]1O. The van der Waals surface area contributed by atoms with Crippen LogP contribution >= 0.6 is 0 Å². The third-order valence-electron chi connectivity index (χ3n) is 4.82. The molecule has 0 aromatic carbocycles. The van der Waals surface area contributed by atoms with E-state index in [1.165, 1.54) is 0 Å². The van der Waals surface area contributed by atoms with Gasteiger partial charge in [0.25, 0.3) is 5.56 Å². The molecule has 1 aromatic rings. The van der Waals surface area contributed by atoms with Gasteiger partial charge >= 0.3 is 5.69 Å². The fraction of sp³-hybridized carbons (Fsp3) is 0.750. The number of aliphatic hydroxyl groups excluding tert-OH is 7. The number of rotatable bonds is 5. The van der Waals surface area contributed by atoms with Crippen LogP contribution in [-0.4, -0.2) is 125 Å². The lowest BCUT2D eigenvalue weighted by atomic mass is 9.99. The van der Waals surface area contributed by atoms with E-state index in [2.05, 4.69) is 0 Å². The van der Waals surface area contributed by atoms with Crippen LogP contribution in [0.2, 0.25) is 0 Å². The average Bonchev–Trinajstić information content (AvgIpc) is 3.02. The van der Waals surface area contributed by atoms with E-state index >= 15 is 0 Å². The summed E-state index contributed by atoms with van der Waals surface area (Å²) >= 11 is 0. The lowest BCUT2D eigenvalue weighted by molar-refractivity contribution is -0.318. The summed E-state index contributed by atoms with van der Waals surface area (Å²) in [6.07, 6.45) is -11.5. The van der Waals surface area contributed by atoms with Gasteiger partial charge in [-0.15, -0.1) is 0 Å². The van der Waals surface area contributed by atoms with E-state index in [4.69, 9.17) is 24.4 Å². The second kappa shape index (κ2) is 10.9. The Morgan fingerprint density at radius 3 is 2.16 bits per heavy atom. The molecule has 15 nitrogen and oxygen atoms in total. The summed E-state index contributed by atoms with van der Waals surface area (Å²) in [5, 5.41) is 76.5. The minimum atomic E-state index is -2.37. The number of nitrogens with one attached hydrogen (secondary N) is 2. The summed E-state index contributed by atoms with van der Waals surface area (Å²) in [6, 6.07) is 0. The van der Waals surface area contributed by atoms with Gasteiger partial charge in [0, 0.05) is 6.20 Å². The van der Waals surface area contributed by atoms with Crippen molar-refractivity contribution in [2.75, 3.05) is 19.8 Å². The van der Waals surface area contributed by atoms with E-state index in [0.717, 1.165) is 0 Å². The first-order valence-electron chi connectivity index (χ1n) is 9.22. The molecule has 2 aliphatic heterocycles. The summed E-state index contributed by atoms with van der Waals surface area (Å²) in [7, 11) is 0. The number of aromatic nitrogens is 2. The molecule has 2 fully saturated rings. The Morgan fingerprint density at radius 2 is 1.66 bits per heavy atom. The first kappa shape index (κ1) is 26.4. The summed E-state index contributed by atoms with van der Waals surface area (Å²) in [6.45, 7) is -2.32. The summed E-state index contributed by atoms with van der Waals surface area (Å²) < 4.78 is 27.3. The van der Waals surface area contributed by atoms with Crippen LogP contribution < -0.4 is 11.2 Å². The van der Waals surface area contributed by atoms with Crippen molar-refractivity contribution in [2.24, 2.45) is 0 Å². The van der Waals surface area contributed by atoms with Crippen LogP contribution in [-0.2, 0) is 14.2 Å². The van der Waals surface area contributed by atoms with Crippen LogP contribution in [0.4, 0.5) is 4.39 Å². The predicted octanol–water partition coefficient (Wildman–Crippen LogP) is -6.19. The van der Waals surface area contributed by atoms with Crippen molar-refractivity contribution in [3.8, 4) is 0 Å². The van der Waals surface area contributed by atoms with Crippen LogP contribution in [0.15, 0.2) is 15.8 Å². The molecule has 0 radical (unpaired) electrons. The molecule has 2 aliphatic rings. The van der Waals surface area contributed by atoms with E-state index in [1.807, 2.05) is 4.98 Å². The van der Waals surface area contributed by atoms with E-state index in [-0.39, 0.29) is 0 Å². The van der Waals surface area contributed by atoms with Crippen molar-refractivity contribution < 1.29 is 59.5 Å². The molecule has 0 amide bonds. The fourth-order valence-corrected chi connectivity index (χ4v) is 3.02. The van der Waals surface area contributed by atoms with E-state index in [0.29, 0.717) is 6.20 Å². The van der Waals surface area contributed by atoms with Gasteiger partial charge in [0.15, 0.2) is 6.29 Å². The molecular formula is C16H25FN2O13. The number of ether oxygens (including phenoxy) is 3. The maximum atomic E-state index is 12.0. The molecular weight excluding hydrogens is 447 g/mol. The van der Waals surface area contributed by atoms with Gasteiger partial charge in [0.2, 0.25) is 11.6 Å². The van der Waals surface area contributed by atoms with Crippen LogP contribution in [0.1, 0.15) is 0 Å². The number of H-pyrrole nitrogens is 2. The summed E-state index contributed by atoms with van der Waals surface area (Å²) in [5.74, 6) is -3.36. The number of hydrogen-bond donors (Lipinski definition) is 10. The van der Waals surface area contributed by atoms with E-state index in [1.54, 1.807) is 4.98 Å². The lowest BCUT2D eigenvalue weighted by Gasteiger charge is -2.41. The summed E-state index contributed by atoms with van der Waals surface area (Å²) in [5.41, 5.74) is -1.71. The molecule has 3 rings (SSSR count). The molecule has 0 unspecified atom stereocenters. The Labute approximate surface area is 177 Å². The van der Waals surface area contributed by atoms with Crippen molar-refractivity contribution in [1.82, 2.24) is 9.97 Å². The zero-order valence-corrected chi connectivity index (χ0v) is 16.3. The van der Waals surface area contributed by atoms with Crippen LogP contribution in [0.5, 0.6) is 0 Å². The third-order valence-corrected chi connectivity index (χ3v) is 4.82. The number of halogens is 1. The molecule has 0 spiro atoms. The topological polar surface area (TPSA) is 255 Å². The van der Waals surface area contributed by atoms with Crippen molar-refractivity contribution in [3.63, 3.8) is 0 Å². The molecule has 0 saturated carbocycles. The second-order valence-corrected chi connectivity index (χ2v) is 7.00. The first-order valence-corrected chi connectivity index (χ1v) is 9.22. The molecule has 1 aromatic heterocycles. The molecule has 2 saturated heterocycles. The predicted molar refractivity (Wildman–Crippen MR) is 96.3 cm³/mol. The number of aliphatic hydroxyl groups is 8. The largest absolute Gasteiger partial charge is 0.394 e. The Hall–Kier alpha value is -1.83. The van der Waals surface area contributed by atoms with Crippen molar-refractivity contribution in [1.29, 1.82) is 0 Å². The average molecular weight is 472 g/mol. The Balaban J connectivity index is 0.000000336. The van der Waals surface area contributed by atoms with Gasteiger partial charge in [-0.25, -0.2) is 4.79 Å².